The first-order valence-corrected chi connectivity index (χ1v) is 7.64. The molecule has 2 saturated heterocycles. The second-order valence-electron chi connectivity index (χ2n) is 5.92. The fourth-order valence-corrected chi connectivity index (χ4v) is 2.73. The van der Waals surface area contributed by atoms with Crippen LogP contribution in [0.2, 0.25) is 0 Å². The summed E-state index contributed by atoms with van der Waals surface area (Å²) in [5, 5.41) is 0. The van der Waals surface area contributed by atoms with Crippen molar-refractivity contribution in [2.24, 2.45) is 0 Å². The Kier molecular flexibility index (Phi) is 7.20. The van der Waals surface area contributed by atoms with Crippen molar-refractivity contribution in [2.45, 2.75) is 65.2 Å². The second-order valence-corrected chi connectivity index (χ2v) is 5.92. The number of hydrogen-bond donors (Lipinski definition) is 0. The normalized spacial score (nSPS) is 34.2. The molecule has 0 amide bonds. The predicted molar refractivity (Wildman–Crippen MR) is 78.1 cm³/mol. The molecule has 2 aliphatic heterocycles. The maximum Gasteiger partial charge on any atom is 0.0678 e. The molecule has 0 bridgehead atoms. The summed E-state index contributed by atoms with van der Waals surface area (Å²) in [6.45, 7) is 13.4. The highest BCUT2D eigenvalue weighted by Crippen LogP contribution is 2.19. The molecule has 0 aromatic carbocycles. The van der Waals surface area contributed by atoms with E-state index in [9.17, 15) is 0 Å². The monoisotopic (exact) mass is 256 g/mol. The largest absolute Gasteiger partial charge is 0.373 e. The summed E-state index contributed by atoms with van der Waals surface area (Å²) >= 11 is 0. The highest BCUT2D eigenvalue weighted by atomic mass is 16.5. The fourth-order valence-electron chi connectivity index (χ4n) is 2.73. The lowest BCUT2D eigenvalue weighted by molar-refractivity contribution is -0.0788. The van der Waals surface area contributed by atoms with Crippen LogP contribution < -0.4 is 0 Å². The SMILES string of the molecule is CC1CN(C2CCN(C)C2)CC(C)O1.CCCC. The van der Waals surface area contributed by atoms with E-state index in [1.807, 2.05) is 0 Å². The van der Waals surface area contributed by atoms with Gasteiger partial charge in [-0.2, -0.15) is 0 Å². The first kappa shape index (κ1) is 15.9. The highest BCUT2D eigenvalue weighted by molar-refractivity contribution is 4.85. The third-order valence-electron chi connectivity index (χ3n) is 3.83. The van der Waals surface area contributed by atoms with Crippen LogP contribution in [-0.4, -0.2) is 61.3 Å². The third-order valence-corrected chi connectivity index (χ3v) is 3.83. The average molecular weight is 256 g/mol. The molecule has 2 fully saturated rings. The fraction of sp³-hybridized carbons (Fsp3) is 1.00. The number of unbranched alkanes of at least 4 members (excludes halogenated alkanes) is 1. The zero-order valence-electron chi connectivity index (χ0n) is 13.0. The van der Waals surface area contributed by atoms with Gasteiger partial charge in [0, 0.05) is 25.7 Å². The van der Waals surface area contributed by atoms with E-state index in [1.54, 1.807) is 0 Å². The summed E-state index contributed by atoms with van der Waals surface area (Å²) in [5.74, 6) is 0. The molecule has 0 saturated carbocycles. The molecule has 2 aliphatic rings. The maximum absolute atomic E-state index is 5.75. The van der Waals surface area contributed by atoms with Gasteiger partial charge in [0.15, 0.2) is 0 Å². The van der Waals surface area contributed by atoms with Crippen LogP contribution in [0.3, 0.4) is 0 Å². The van der Waals surface area contributed by atoms with Crippen molar-refractivity contribution in [3.8, 4) is 0 Å². The van der Waals surface area contributed by atoms with E-state index in [0.717, 1.165) is 19.1 Å². The van der Waals surface area contributed by atoms with E-state index in [1.165, 1.54) is 32.4 Å². The molecule has 18 heavy (non-hydrogen) atoms. The molecule has 0 N–H and O–H groups in total. The van der Waals surface area contributed by atoms with Gasteiger partial charge < -0.3 is 9.64 Å². The smallest absolute Gasteiger partial charge is 0.0678 e. The minimum absolute atomic E-state index is 0.407. The average Bonchev–Trinajstić information content (AvgIpc) is 2.75. The third kappa shape index (κ3) is 5.25. The Morgan fingerprint density at radius 2 is 1.56 bits per heavy atom. The molecular formula is C15H32N2O. The number of ether oxygens (including phenoxy) is 1. The van der Waals surface area contributed by atoms with Gasteiger partial charge >= 0.3 is 0 Å². The van der Waals surface area contributed by atoms with E-state index >= 15 is 0 Å². The summed E-state index contributed by atoms with van der Waals surface area (Å²) in [7, 11) is 2.22. The Hall–Kier alpha value is -0.120. The highest BCUT2D eigenvalue weighted by Gasteiger charge is 2.31. The van der Waals surface area contributed by atoms with E-state index in [-0.39, 0.29) is 0 Å². The van der Waals surface area contributed by atoms with E-state index in [2.05, 4.69) is 44.5 Å². The Labute approximate surface area is 113 Å². The first-order valence-electron chi connectivity index (χ1n) is 7.64. The molecule has 3 heteroatoms. The molecule has 2 rings (SSSR count). The molecule has 0 spiro atoms. The van der Waals surface area contributed by atoms with Gasteiger partial charge in [-0.15, -0.1) is 0 Å². The van der Waals surface area contributed by atoms with E-state index < -0.39 is 0 Å². The Balaban J connectivity index is 0.000000357. The van der Waals surface area contributed by atoms with Crippen LogP contribution in [0.25, 0.3) is 0 Å². The Morgan fingerprint density at radius 1 is 1.00 bits per heavy atom. The number of likely N-dealkylation sites (N-methyl/N-ethyl adjacent to an activating group) is 1. The van der Waals surface area contributed by atoms with Crippen molar-refractivity contribution in [3.05, 3.63) is 0 Å². The minimum atomic E-state index is 0.407. The molecule has 0 radical (unpaired) electrons. The van der Waals surface area contributed by atoms with Crippen LogP contribution in [0, 0.1) is 0 Å². The van der Waals surface area contributed by atoms with Crippen LogP contribution in [0.15, 0.2) is 0 Å². The zero-order valence-corrected chi connectivity index (χ0v) is 13.0. The molecule has 0 aromatic rings. The summed E-state index contributed by atoms with van der Waals surface area (Å²) in [5.41, 5.74) is 0. The number of rotatable bonds is 2. The van der Waals surface area contributed by atoms with Crippen molar-refractivity contribution in [2.75, 3.05) is 33.2 Å². The van der Waals surface area contributed by atoms with Crippen molar-refractivity contribution in [1.82, 2.24) is 9.80 Å². The van der Waals surface area contributed by atoms with Crippen molar-refractivity contribution in [1.29, 1.82) is 0 Å². The molecule has 3 nitrogen and oxygen atoms in total. The van der Waals surface area contributed by atoms with Crippen LogP contribution in [0.5, 0.6) is 0 Å². The molecule has 0 aromatic heterocycles. The van der Waals surface area contributed by atoms with Gasteiger partial charge in [-0.25, -0.2) is 0 Å². The van der Waals surface area contributed by atoms with Gasteiger partial charge in [-0.3, -0.25) is 4.90 Å². The van der Waals surface area contributed by atoms with Gasteiger partial charge in [0.25, 0.3) is 0 Å². The summed E-state index contributed by atoms with van der Waals surface area (Å²) in [6.07, 6.45) is 4.78. The van der Waals surface area contributed by atoms with Gasteiger partial charge in [-0.1, -0.05) is 26.7 Å². The molecule has 3 unspecified atom stereocenters. The quantitative estimate of drug-likeness (QED) is 0.755. The van der Waals surface area contributed by atoms with Crippen LogP contribution in [-0.2, 0) is 4.74 Å². The number of morpholine rings is 1. The summed E-state index contributed by atoms with van der Waals surface area (Å²) in [6, 6.07) is 0.772. The van der Waals surface area contributed by atoms with Crippen LogP contribution >= 0.6 is 0 Å². The molecule has 3 atom stereocenters. The van der Waals surface area contributed by atoms with Crippen LogP contribution in [0.1, 0.15) is 47.0 Å². The van der Waals surface area contributed by atoms with Crippen molar-refractivity contribution >= 4 is 0 Å². The molecular weight excluding hydrogens is 224 g/mol. The van der Waals surface area contributed by atoms with E-state index in [0.29, 0.717) is 12.2 Å². The lowest BCUT2D eigenvalue weighted by Gasteiger charge is -2.38. The van der Waals surface area contributed by atoms with Crippen molar-refractivity contribution < 1.29 is 4.74 Å². The predicted octanol–water partition coefficient (Wildman–Crippen LogP) is 2.61. The second kappa shape index (κ2) is 8.13. The summed E-state index contributed by atoms with van der Waals surface area (Å²) < 4.78 is 5.75. The number of hydrogen-bond acceptors (Lipinski definition) is 3. The zero-order chi connectivity index (χ0) is 13.5. The maximum atomic E-state index is 5.75. The van der Waals surface area contributed by atoms with E-state index in [4.69, 9.17) is 4.74 Å². The van der Waals surface area contributed by atoms with Gasteiger partial charge in [-0.05, 0) is 33.9 Å². The van der Waals surface area contributed by atoms with Gasteiger partial charge in [0.1, 0.15) is 0 Å². The molecule has 108 valence electrons. The van der Waals surface area contributed by atoms with Crippen molar-refractivity contribution in [3.63, 3.8) is 0 Å². The lowest BCUT2D eigenvalue weighted by Crippen LogP contribution is -2.50. The first-order chi connectivity index (χ1) is 8.56. The topological polar surface area (TPSA) is 15.7 Å². The minimum Gasteiger partial charge on any atom is -0.373 e. The standard InChI is InChI=1S/C11H22N2O.C4H10/c1-9-6-13(7-10(2)14-9)11-4-5-12(3)8-11;1-3-4-2/h9-11H,4-8H2,1-3H3;3-4H2,1-2H3. The molecule has 2 heterocycles. The number of likely N-dealkylation sites (tertiary alicyclic amines) is 1. The summed E-state index contributed by atoms with van der Waals surface area (Å²) in [4.78, 5) is 5.04. The molecule has 0 aliphatic carbocycles. The van der Waals surface area contributed by atoms with Crippen LogP contribution in [0.4, 0.5) is 0 Å². The Bertz CT molecular complexity index is 211. The van der Waals surface area contributed by atoms with Gasteiger partial charge in [0.05, 0.1) is 12.2 Å². The van der Waals surface area contributed by atoms with Gasteiger partial charge in [0.2, 0.25) is 0 Å². The lowest BCUT2D eigenvalue weighted by atomic mass is 10.1. The Morgan fingerprint density at radius 3 is 1.94 bits per heavy atom. The number of nitrogens with zero attached hydrogens (tertiary/aromatic N) is 2.